The second-order valence-electron chi connectivity index (χ2n) is 5.04. The third-order valence-electron chi connectivity index (χ3n) is 3.62. The van der Waals surface area contributed by atoms with Gasteiger partial charge in [-0.05, 0) is 42.8 Å². The number of nitrogens with one attached hydrogen (secondary N) is 1. The Kier molecular flexibility index (Phi) is 4.25. The molecule has 0 saturated heterocycles. The van der Waals surface area contributed by atoms with E-state index in [-0.39, 0.29) is 5.78 Å². The first-order valence-electron chi connectivity index (χ1n) is 7.19. The number of methoxy groups -OCH3 is 1. The van der Waals surface area contributed by atoms with Crippen LogP contribution in [0.5, 0.6) is 5.75 Å². The van der Waals surface area contributed by atoms with E-state index in [9.17, 15) is 4.79 Å². The average Bonchev–Trinajstić information content (AvgIpc) is 2.62. The summed E-state index contributed by atoms with van der Waals surface area (Å²) in [6.45, 7) is 1.77. The number of hydrogen-bond acceptors (Lipinski definition) is 5. The van der Waals surface area contributed by atoms with Gasteiger partial charge in [0.25, 0.3) is 0 Å². The molecule has 1 aliphatic rings. The van der Waals surface area contributed by atoms with Gasteiger partial charge < -0.3 is 10.1 Å². The smallest absolute Gasteiger partial charge is 0.196 e. The molecule has 1 aromatic heterocycles. The lowest BCUT2D eigenvalue weighted by molar-refractivity contribution is 0.103. The van der Waals surface area contributed by atoms with E-state index in [2.05, 4.69) is 21.4 Å². The minimum Gasteiger partial charge on any atom is -0.497 e. The van der Waals surface area contributed by atoms with Crippen LogP contribution in [0.2, 0.25) is 0 Å². The zero-order valence-corrected chi connectivity index (χ0v) is 12.4. The Hall–Kier alpha value is -2.53. The molecule has 0 bridgehead atoms. The Balaban J connectivity index is 1.79. The molecule has 2 heterocycles. The molecule has 0 spiro atoms. The monoisotopic (exact) mass is 295 g/mol. The van der Waals surface area contributed by atoms with Crippen molar-refractivity contribution in [2.24, 2.45) is 0 Å². The van der Waals surface area contributed by atoms with Crippen molar-refractivity contribution in [2.45, 2.75) is 6.42 Å². The van der Waals surface area contributed by atoms with Crippen molar-refractivity contribution in [2.75, 3.05) is 20.2 Å². The number of nitrogens with zero attached hydrogens (tertiary/aromatic N) is 2. The molecule has 1 aromatic carbocycles. The van der Waals surface area contributed by atoms with E-state index in [0.717, 1.165) is 30.8 Å². The summed E-state index contributed by atoms with van der Waals surface area (Å²) in [5.74, 6) is 1.34. The number of aromatic nitrogens is 2. The second kappa shape index (κ2) is 6.49. The molecule has 0 atom stereocenters. The number of rotatable bonds is 4. The van der Waals surface area contributed by atoms with E-state index in [1.807, 2.05) is 0 Å². The predicted molar refractivity (Wildman–Crippen MR) is 83.9 cm³/mol. The summed E-state index contributed by atoms with van der Waals surface area (Å²) < 4.78 is 5.09. The molecule has 0 amide bonds. The van der Waals surface area contributed by atoms with Gasteiger partial charge >= 0.3 is 0 Å². The molecule has 0 radical (unpaired) electrons. The molecule has 1 N–H and O–H groups in total. The van der Waals surface area contributed by atoms with E-state index >= 15 is 0 Å². The zero-order valence-electron chi connectivity index (χ0n) is 12.4. The molecular formula is C17H17N3O2. The van der Waals surface area contributed by atoms with Crippen LogP contribution in [0.25, 0.3) is 5.57 Å². The van der Waals surface area contributed by atoms with Gasteiger partial charge in [0.05, 0.1) is 12.7 Å². The average molecular weight is 295 g/mol. The molecule has 5 nitrogen and oxygen atoms in total. The van der Waals surface area contributed by atoms with Crippen LogP contribution in [-0.2, 0) is 0 Å². The van der Waals surface area contributed by atoms with E-state index in [1.54, 1.807) is 43.8 Å². The summed E-state index contributed by atoms with van der Waals surface area (Å²) in [5, 5.41) is 3.25. The van der Waals surface area contributed by atoms with Gasteiger partial charge in [-0.1, -0.05) is 6.08 Å². The lowest BCUT2D eigenvalue weighted by atomic mass is 10.1. The highest BCUT2D eigenvalue weighted by Crippen LogP contribution is 2.17. The maximum absolute atomic E-state index is 12.4. The SMILES string of the molecule is COc1ccc(C(=O)c2cnc(C3=CCNCC3)nc2)cc1. The van der Waals surface area contributed by atoms with Gasteiger partial charge in [0.15, 0.2) is 11.6 Å². The van der Waals surface area contributed by atoms with Gasteiger partial charge in [0, 0.05) is 24.5 Å². The van der Waals surface area contributed by atoms with Crippen molar-refractivity contribution in [3.05, 3.63) is 59.7 Å². The predicted octanol–water partition coefficient (Wildman–Crippen LogP) is 2.09. The normalized spacial score (nSPS) is 14.3. The molecule has 5 heteroatoms. The fraction of sp³-hybridized carbons (Fsp3) is 0.235. The van der Waals surface area contributed by atoms with Crippen LogP contribution >= 0.6 is 0 Å². The van der Waals surface area contributed by atoms with Gasteiger partial charge in [-0.2, -0.15) is 0 Å². The van der Waals surface area contributed by atoms with Crippen LogP contribution < -0.4 is 10.1 Å². The largest absolute Gasteiger partial charge is 0.497 e. The summed E-state index contributed by atoms with van der Waals surface area (Å²) in [6, 6.07) is 7.01. The summed E-state index contributed by atoms with van der Waals surface area (Å²) in [6.07, 6.45) is 6.19. The van der Waals surface area contributed by atoms with E-state index in [4.69, 9.17) is 4.74 Å². The Bertz CT molecular complexity index is 691. The van der Waals surface area contributed by atoms with Gasteiger partial charge in [-0.15, -0.1) is 0 Å². The number of ketones is 1. The van der Waals surface area contributed by atoms with Gasteiger partial charge in [0.1, 0.15) is 5.75 Å². The number of ether oxygens (including phenoxy) is 1. The molecule has 1 aliphatic heterocycles. The van der Waals surface area contributed by atoms with Crippen LogP contribution in [0.4, 0.5) is 0 Å². The summed E-state index contributed by atoms with van der Waals surface area (Å²) in [5.41, 5.74) is 2.21. The van der Waals surface area contributed by atoms with Gasteiger partial charge in [-0.25, -0.2) is 9.97 Å². The van der Waals surface area contributed by atoms with E-state index in [0.29, 0.717) is 17.0 Å². The summed E-state index contributed by atoms with van der Waals surface area (Å²) in [7, 11) is 1.60. The second-order valence-corrected chi connectivity index (χ2v) is 5.04. The molecule has 112 valence electrons. The summed E-state index contributed by atoms with van der Waals surface area (Å²) in [4.78, 5) is 21.0. The maximum Gasteiger partial charge on any atom is 0.196 e. The Morgan fingerprint density at radius 3 is 2.45 bits per heavy atom. The third kappa shape index (κ3) is 3.04. The highest BCUT2D eigenvalue weighted by Gasteiger charge is 2.12. The molecule has 2 aromatic rings. The van der Waals surface area contributed by atoms with Crippen molar-refractivity contribution >= 4 is 11.4 Å². The Morgan fingerprint density at radius 2 is 1.86 bits per heavy atom. The molecule has 0 fully saturated rings. The van der Waals surface area contributed by atoms with Crippen molar-refractivity contribution < 1.29 is 9.53 Å². The Morgan fingerprint density at radius 1 is 1.14 bits per heavy atom. The standard InChI is InChI=1S/C17H17N3O2/c1-22-15-4-2-12(3-5-15)16(21)14-10-19-17(20-11-14)13-6-8-18-9-7-13/h2-6,10-11,18H,7-9H2,1H3. The summed E-state index contributed by atoms with van der Waals surface area (Å²) >= 11 is 0. The number of hydrogen-bond donors (Lipinski definition) is 1. The molecule has 22 heavy (non-hydrogen) atoms. The van der Waals surface area contributed by atoms with Crippen molar-refractivity contribution in [1.82, 2.24) is 15.3 Å². The van der Waals surface area contributed by atoms with Gasteiger partial charge in [-0.3, -0.25) is 4.79 Å². The lowest BCUT2D eigenvalue weighted by Crippen LogP contribution is -2.20. The highest BCUT2D eigenvalue weighted by molar-refractivity contribution is 6.08. The van der Waals surface area contributed by atoms with E-state index in [1.165, 1.54) is 0 Å². The van der Waals surface area contributed by atoms with Crippen molar-refractivity contribution in [1.29, 1.82) is 0 Å². The molecule has 0 unspecified atom stereocenters. The third-order valence-corrected chi connectivity index (χ3v) is 3.62. The maximum atomic E-state index is 12.4. The number of benzene rings is 1. The topological polar surface area (TPSA) is 64.1 Å². The van der Waals surface area contributed by atoms with Crippen LogP contribution in [0.3, 0.4) is 0 Å². The minimum absolute atomic E-state index is 0.0894. The number of carbonyl (C=O) groups is 1. The van der Waals surface area contributed by atoms with Gasteiger partial charge in [0.2, 0.25) is 0 Å². The molecule has 0 saturated carbocycles. The minimum atomic E-state index is -0.0894. The van der Waals surface area contributed by atoms with Crippen LogP contribution in [0.15, 0.2) is 42.7 Å². The lowest BCUT2D eigenvalue weighted by Gasteiger charge is -2.12. The van der Waals surface area contributed by atoms with E-state index < -0.39 is 0 Å². The first-order valence-corrected chi connectivity index (χ1v) is 7.19. The zero-order chi connectivity index (χ0) is 15.4. The number of carbonyl (C=O) groups excluding carboxylic acids is 1. The van der Waals surface area contributed by atoms with Crippen molar-refractivity contribution in [3.8, 4) is 5.75 Å². The molecule has 0 aliphatic carbocycles. The quantitative estimate of drug-likeness (QED) is 0.875. The fourth-order valence-electron chi connectivity index (χ4n) is 2.35. The molecular weight excluding hydrogens is 278 g/mol. The first kappa shape index (κ1) is 14.4. The van der Waals surface area contributed by atoms with Crippen LogP contribution in [0.1, 0.15) is 28.2 Å². The van der Waals surface area contributed by atoms with Crippen molar-refractivity contribution in [3.63, 3.8) is 0 Å². The van der Waals surface area contributed by atoms with Crippen LogP contribution in [0, 0.1) is 0 Å². The van der Waals surface area contributed by atoms with Crippen LogP contribution in [-0.4, -0.2) is 36.0 Å². The fourth-order valence-corrected chi connectivity index (χ4v) is 2.35. The molecule has 3 rings (SSSR count). The Labute approximate surface area is 129 Å². The first-order chi connectivity index (χ1) is 10.8. The highest BCUT2D eigenvalue weighted by atomic mass is 16.5.